The van der Waals surface area contributed by atoms with E-state index in [1.165, 1.54) is 11.1 Å². The molecule has 2 bridgehead atoms. The van der Waals surface area contributed by atoms with E-state index in [9.17, 15) is 23.1 Å². The van der Waals surface area contributed by atoms with Crippen molar-refractivity contribution in [3.8, 4) is 5.75 Å². The molecule has 11 heteroatoms. The third-order valence-electron chi connectivity index (χ3n) is 12.4. The first-order valence-electron chi connectivity index (χ1n) is 18.3. The van der Waals surface area contributed by atoms with Gasteiger partial charge in [-0.3, -0.25) is 9.59 Å². The van der Waals surface area contributed by atoms with Crippen molar-refractivity contribution in [1.29, 1.82) is 0 Å². The van der Waals surface area contributed by atoms with Crippen molar-refractivity contribution in [3.63, 3.8) is 0 Å². The van der Waals surface area contributed by atoms with Crippen LogP contribution in [0.3, 0.4) is 0 Å². The van der Waals surface area contributed by atoms with Crippen LogP contribution in [0.5, 0.6) is 5.75 Å². The van der Waals surface area contributed by atoms with Gasteiger partial charge in [-0.1, -0.05) is 49.2 Å². The summed E-state index contributed by atoms with van der Waals surface area (Å²) in [7, 11) is -4.01. The number of hydrogen-bond donors (Lipinski definition) is 3. The zero-order valence-corrected chi connectivity index (χ0v) is 30.9. The molecule has 0 unspecified atom stereocenters. The number of ether oxygens (including phenoxy) is 1. The number of nitrogens with zero attached hydrogens (tertiary/aromatic N) is 1. The Kier molecular flexibility index (Phi) is 9.88. The molecule has 0 aromatic heterocycles. The maximum atomic E-state index is 13.7. The molecule has 272 valence electrons. The average Bonchev–Trinajstić information content (AvgIpc) is 3.25. The number of anilines is 1. The lowest BCUT2D eigenvalue weighted by Crippen LogP contribution is -2.62. The van der Waals surface area contributed by atoms with E-state index in [2.05, 4.69) is 27.1 Å². The molecule has 1 saturated carbocycles. The van der Waals surface area contributed by atoms with Gasteiger partial charge in [0.05, 0.1) is 29.7 Å². The highest BCUT2D eigenvalue weighted by molar-refractivity contribution is 7.90. The molecule has 0 radical (unpaired) electrons. The second-order valence-electron chi connectivity index (χ2n) is 15.4. The molecular formula is C40H48ClN3O6S. The molecule has 7 rings (SSSR count). The number of rotatable bonds is 3. The molecule has 4 aliphatic rings. The van der Waals surface area contributed by atoms with Crippen molar-refractivity contribution in [2.45, 2.75) is 81.4 Å². The number of halogens is 1. The summed E-state index contributed by atoms with van der Waals surface area (Å²) in [5.41, 5.74) is 2.70. The predicted octanol–water partition coefficient (Wildman–Crippen LogP) is 6.27. The van der Waals surface area contributed by atoms with Gasteiger partial charge in [0.1, 0.15) is 5.75 Å². The van der Waals surface area contributed by atoms with E-state index in [1.54, 1.807) is 37.3 Å². The Labute approximate surface area is 306 Å². The minimum atomic E-state index is -4.01. The van der Waals surface area contributed by atoms with Crippen LogP contribution in [-0.2, 0) is 21.9 Å². The minimum absolute atomic E-state index is 0.0213. The number of carbonyl (C=O) groups excluding carboxylic acids is 2. The average molecular weight is 734 g/mol. The van der Waals surface area contributed by atoms with Gasteiger partial charge < -0.3 is 20.1 Å². The first-order chi connectivity index (χ1) is 24.4. The third kappa shape index (κ3) is 6.87. The maximum Gasteiger partial charge on any atom is 0.264 e. The fraction of sp³-hybridized carbons (Fsp3) is 0.500. The summed E-state index contributed by atoms with van der Waals surface area (Å²) in [6.45, 7) is 4.96. The van der Waals surface area contributed by atoms with Crippen LogP contribution in [-0.4, -0.2) is 62.4 Å². The molecular weight excluding hydrogens is 686 g/mol. The van der Waals surface area contributed by atoms with Gasteiger partial charge in [-0.15, -0.1) is 0 Å². The van der Waals surface area contributed by atoms with Crippen LogP contribution in [0, 0.1) is 17.8 Å². The van der Waals surface area contributed by atoms with Gasteiger partial charge in [-0.05, 0) is 123 Å². The topological polar surface area (TPSA) is 125 Å². The molecule has 2 aliphatic heterocycles. The second-order valence-corrected chi connectivity index (χ2v) is 17.9. The smallest absolute Gasteiger partial charge is 0.264 e. The van der Waals surface area contributed by atoms with Crippen molar-refractivity contribution in [3.05, 3.63) is 94.0 Å². The molecule has 2 amide bonds. The van der Waals surface area contributed by atoms with Gasteiger partial charge in [0.15, 0.2) is 0 Å². The predicted molar refractivity (Wildman–Crippen MR) is 199 cm³/mol. The summed E-state index contributed by atoms with van der Waals surface area (Å²) < 4.78 is 36.0. The zero-order valence-electron chi connectivity index (χ0n) is 29.4. The number of hydrogen-bond acceptors (Lipinski definition) is 7. The minimum Gasteiger partial charge on any atom is -0.490 e. The highest BCUT2D eigenvalue weighted by atomic mass is 35.5. The van der Waals surface area contributed by atoms with Crippen LogP contribution in [0.2, 0.25) is 5.02 Å². The number of nitrogens with one attached hydrogen (secondary N) is 2. The van der Waals surface area contributed by atoms with E-state index in [0.29, 0.717) is 55.3 Å². The number of aliphatic hydroxyl groups excluding tert-OH is 1. The van der Waals surface area contributed by atoms with E-state index < -0.39 is 26.7 Å². The summed E-state index contributed by atoms with van der Waals surface area (Å²) in [6.07, 6.45) is 6.23. The second kappa shape index (κ2) is 14.1. The van der Waals surface area contributed by atoms with E-state index in [1.807, 2.05) is 31.2 Å². The molecule has 6 atom stereocenters. The van der Waals surface area contributed by atoms with Gasteiger partial charge >= 0.3 is 0 Å². The molecule has 3 aromatic carbocycles. The number of benzene rings is 3. The summed E-state index contributed by atoms with van der Waals surface area (Å²) in [5, 5.41) is 14.4. The Morgan fingerprint density at radius 2 is 1.84 bits per heavy atom. The van der Waals surface area contributed by atoms with Crippen LogP contribution in [0.4, 0.5) is 5.69 Å². The van der Waals surface area contributed by atoms with Gasteiger partial charge in [0, 0.05) is 34.7 Å². The lowest BCUT2D eigenvalue weighted by molar-refractivity contribution is 0.00723. The number of aliphatic hydroxyl groups is 1. The Balaban J connectivity index is 1.31. The third-order valence-corrected chi connectivity index (χ3v) is 14.5. The van der Waals surface area contributed by atoms with E-state index in [-0.39, 0.29) is 41.2 Å². The summed E-state index contributed by atoms with van der Waals surface area (Å²) in [4.78, 5) is 29.6. The first-order valence-corrected chi connectivity index (χ1v) is 20.2. The van der Waals surface area contributed by atoms with E-state index in [0.717, 1.165) is 37.8 Å². The highest BCUT2D eigenvalue weighted by Crippen LogP contribution is 2.49. The van der Waals surface area contributed by atoms with Crippen LogP contribution in [0.15, 0.2) is 66.7 Å². The highest BCUT2D eigenvalue weighted by Gasteiger charge is 2.50. The molecule has 2 aliphatic carbocycles. The number of amides is 2. The largest absolute Gasteiger partial charge is 0.490 e. The fourth-order valence-electron chi connectivity index (χ4n) is 9.08. The van der Waals surface area contributed by atoms with Crippen molar-refractivity contribution in [2.24, 2.45) is 17.8 Å². The maximum absolute atomic E-state index is 13.7. The van der Waals surface area contributed by atoms with Gasteiger partial charge in [0.25, 0.3) is 11.8 Å². The molecule has 51 heavy (non-hydrogen) atoms. The molecule has 1 fully saturated rings. The van der Waals surface area contributed by atoms with Crippen molar-refractivity contribution in [1.82, 2.24) is 10.0 Å². The lowest BCUT2D eigenvalue weighted by Gasteiger charge is -2.52. The Morgan fingerprint density at radius 1 is 1.04 bits per heavy atom. The van der Waals surface area contributed by atoms with Gasteiger partial charge in [0.2, 0.25) is 10.0 Å². The standard InChI is InChI=1S/C40H48ClN3O6S/c1-26-8-6-19-40(24-45,42-37(46)28-9-4-3-5-10-28)34-15-12-31(34)22-44-23-39(18-7-11-29-20-32(41)14-16-33(29)39)25-50-36-17-13-30(21-35(36)44)38(47)43-51(48,49)27(26)2/h3-5,9-10,13-14,16-17,20-21,26-27,31,34,45H,6-8,11-12,15,18-19,22-25H2,1-2H3,(H,42,46)(H,43,47)/t26-,27+,31-,34+,39-,40-/m0/s1. The summed E-state index contributed by atoms with van der Waals surface area (Å²) in [6, 6.07) is 20.4. The number of carbonyl (C=O) groups is 2. The summed E-state index contributed by atoms with van der Waals surface area (Å²) in [5.74, 6) is -0.422. The molecule has 0 saturated heterocycles. The van der Waals surface area contributed by atoms with Crippen LogP contribution >= 0.6 is 11.6 Å². The molecule has 9 nitrogen and oxygen atoms in total. The van der Waals surface area contributed by atoms with Crippen LogP contribution in [0.1, 0.15) is 90.6 Å². The van der Waals surface area contributed by atoms with Crippen molar-refractivity contribution in [2.75, 3.05) is 31.2 Å². The van der Waals surface area contributed by atoms with Gasteiger partial charge in [-0.2, -0.15) is 0 Å². The van der Waals surface area contributed by atoms with Crippen molar-refractivity contribution < 1.29 is 27.9 Å². The Bertz CT molecular complexity index is 1910. The number of sulfonamides is 1. The SMILES string of the molecule is C[C@@H]1[C@@H](C)CCC[C@@](CO)(NC(=O)c2ccccc2)[C@@H]2CC[C@H]2CN2C[C@@]3(CCCc4cc(Cl)ccc43)COc3ccc(cc32)C(=O)NS1(=O)=O. The molecule has 3 N–H and O–H groups in total. The Hall–Kier alpha value is -3.60. The quantitative estimate of drug-likeness (QED) is 0.290. The molecule has 3 aromatic rings. The van der Waals surface area contributed by atoms with Crippen LogP contribution in [0.25, 0.3) is 0 Å². The fourth-order valence-corrected chi connectivity index (χ4v) is 10.6. The molecule has 2 heterocycles. The number of fused-ring (bicyclic) bond motifs is 4. The monoisotopic (exact) mass is 733 g/mol. The van der Waals surface area contributed by atoms with Crippen molar-refractivity contribution >= 4 is 39.1 Å². The zero-order chi connectivity index (χ0) is 36.0. The van der Waals surface area contributed by atoms with Gasteiger partial charge in [-0.25, -0.2) is 13.1 Å². The van der Waals surface area contributed by atoms with Crippen LogP contribution < -0.4 is 19.7 Å². The normalized spacial score (nSPS) is 30.4. The van der Waals surface area contributed by atoms with E-state index >= 15 is 0 Å². The number of aryl methyl sites for hydroxylation is 1. The summed E-state index contributed by atoms with van der Waals surface area (Å²) >= 11 is 6.46. The molecule has 1 spiro atoms. The van der Waals surface area contributed by atoms with E-state index in [4.69, 9.17) is 16.3 Å². The lowest BCUT2D eigenvalue weighted by atomic mass is 9.61. The Morgan fingerprint density at radius 3 is 2.59 bits per heavy atom. The first kappa shape index (κ1) is 35.8.